The summed E-state index contributed by atoms with van der Waals surface area (Å²) in [6.45, 7) is 19.4. The minimum absolute atomic E-state index is 0.181. The lowest BCUT2D eigenvalue weighted by molar-refractivity contribution is 0.0854. The number of carbonyl (C=O) groups excluding carboxylic acids is 2. The summed E-state index contributed by atoms with van der Waals surface area (Å²) in [7, 11) is 0. The number of piperidine rings is 3. The van der Waals surface area contributed by atoms with Crippen LogP contribution in [0.3, 0.4) is 0 Å². The predicted octanol–water partition coefficient (Wildman–Crippen LogP) is 11.3. The molecular weight excluding hydrogens is 785 g/mol. The van der Waals surface area contributed by atoms with Crippen molar-refractivity contribution in [1.29, 1.82) is 5.26 Å². The van der Waals surface area contributed by atoms with Crippen LogP contribution < -0.4 is 14.2 Å². The van der Waals surface area contributed by atoms with Gasteiger partial charge in [-0.25, -0.2) is 0 Å². The van der Waals surface area contributed by atoms with Gasteiger partial charge in [-0.3, -0.25) is 14.5 Å². The van der Waals surface area contributed by atoms with Crippen LogP contribution in [-0.4, -0.2) is 104 Å². The summed E-state index contributed by atoms with van der Waals surface area (Å²) in [5, 5.41) is 8.74. The number of ether oxygens (including phenoxy) is 3. The fourth-order valence-electron chi connectivity index (χ4n) is 9.17. The van der Waals surface area contributed by atoms with Gasteiger partial charge < -0.3 is 24.0 Å². The number of Topliss-reactive ketones (excluding diaryl/α,β-unsaturated/α-hetero) is 2. The maximum absolute atomic E-state index is 12.1. The van der Waals surface area contributed by atoms with E-state index in [1.54, 1.807) is 12.1 Å². The fourth-order valence-corrected chi connectivity index (χ4v) is 9.17. The Morgan fingerprint density at radius 2 is 1.08 bits per heavy atom. The molecule has 3 aliphatic heterocycles. The van der Waals surface area contributed by atoms with Crippen LogP contribution in [0.5, 0.6) is 17.2 Å². The molecule has 3 aromatic rings. The molecule has 3 unspecified atom stereocenters. The first kappa shape index (κ1) is 49.8. The quantitative estimate of drug-likeness (QED) is 0.0862. The maximum atomic E-state index is 12.1. The van der Waals surface area contributed by atoms with Crippen LogP contribution in [0, 0.1) is 23.2 Å². The van der Waals surface area contributed by atoms with Crippen molar-refractivity contribution in [3.63, 3.8) is 0 Å². The Morgan fingerprint density at radius 1 is 0.587 bits per heavy atom. The molecule has 3 aromatic carbocycles. The van der Waals surface area contributed by atoms with Gasteiger partial charge in [-0.2, -0.15) is 5.26 Å². The summed E-state index contributed by atoms with van der Waals surface area (Å²) < 4.78 is 17.3. The van der Waals surface area contributed by atoms with Gasteiger partial charge in [0.15, 0.2) is 11.6 Å². The summed E-state index contributed by atoms with van der Waals surface area (Å²) in [5.41, 5.74) is 2.28. The molecule has 4 aliphatic rings. The molecule has 3 heterocycles. The predicted molar refractivity (Wildman–Crippen MR) is 255 cm³/mol. The molecular formula is C54H78N4O5. The van der Waals surface area contributed by atoms with Gasteiger partial charge in [0.2, 0.25) is 0 Å². The first-order valence-electron chi connectivity index (χ1n) is 24.6. The fraction of sp³-hybridized carbons (Fsp3) is 0.611. The van der Waals surface area contributed by atoms with Gasteiger partial charge in [-0.05, 0) is 183 Å². The molecule has 1 saturated carbocycles. The van der Waals surface area contributed by atoms with E-state index in [-0.39, 0.29) is 11.7 Å². The highest BCUT2D eigenvalue weighted by Gasteiger charge is 2.26. The first-order chi connectivity index (χ1) is 30.7. The summed E-state index contributed by atoms with van der Waals surface area (Å²) in [5.74, 6) is 4.19. The average molecular weight is 863 g/mol. The van der Waals surface area contributed by atoms with Gasteiger partial charge in [0.1, 0.15) is 17.2 Å². The molecule has 9 nitrogen and oxygen atoms in total. The van der Waals surface area contributed by atoms with E-state index in [9.17, 15) is 9.59 Å². The lowest BCUT2D eigenvalue weighted by Crippen LogP contribution is -2.44. The zero-order valence-electron chi connectivity index (χ0n) is 39.2. The molecule has 0 radical (unpaired) electrons. The monoisotopic (exact) mass is 863 g/mol. The number of nitrogens with zero attached hydrogens (tertiary/aromatic N) is 4. The molecule has 0 N–H and O–H groups in total. The van der Waals surface area contributed by atoms with E-state index >= 15 is 0 Å². The molecule has 63 heavy (non-hydrogen) atoms. The van der Waals surface area contributed by atoms with Gasteiger partial charge in [-0.15, -0.1) is 0 Å². The molecule has 0 amide bonds. The van der Waals surface area contributed by atoms with Crippen LogP contribution in [-0.2, 0) is 0 Å². The Kier molecular flexibility index (Phi) is 22.0. The summed E-state index contributed by atoms with van der Waals surface area (Å²) in [4.78, 5) is 31.3. The average Bonchev–Trinajstić information content (AvgIpc) is 3.29. The van der Waals surface area contributed by atoms with Crippen LogP contribution in [0.4, 0.5) is 0 Å². The van der Waals surface area contributed by atoms with E-state index in [4.69, 9.17) is 19.5 Å². The Labute approximate surface area is 380 Å². The SMILES string of the molecule is CC1CCCC(C)N1CCCOc1ccc(C#N)cc1.CCC(=O)c1ccc(OCCCN2CCCC(C)C2)cc1.O=C(c1ccc(OCCCN2CCCCC2)cc1)C1CCC1. The summed E-state index contributed by atoms with van der Waals surface area (Å²) in [6, 6.07) is 26.0. The van der Waals surface area contributed by atoms with E-state index in [1.807, 2.05) is 67.6 Å². The third-order valence-electron chi connectivity index (χ3n) is 13.3. The minimum Gasteiger partial charge on any atom is -0.494 e. The number of nitriles is 1. The van der Waals surface area contributed by atoms with Gasteiger partial charge in [0.05, 0.1) is 31.5 Å². The van der Waals surface area contributed by atoms with E-state index in [0.29, 0.717) is 29.9 Å². The number of hydrogen-bond acceptors (Lipinski definition) is 9. The van der Waals surface area contributed by atoms with Crippen molar-refractivity contribution in [3.05, 3.63) is 89.5 Å². The Morgan fingerprint density at radius 3 is 1.59 bits per heavy atom. The molecule has 4 fully saturated rings. The lowest BCUT2D eigenvalue weighted by atomic mass is 9.80. The van der Waals surface area contributed by atoms with Crippen LogP contribution >= 0.6 is 0 Å². The van der Waals surface area contributed by atoms with Gasteiger partial charge in [0, 0.05) is 61.7 Å². The number of likely N-dealkylation sites (tertiary alicyclic amines) is 3. The second-order valence-corrected chi connectivity index (χ2v) is 18.4. The highest BCUT2D eigenvalue weighted by atomic mass is 16.5. The number of rotatable bonds is 19. The second-order valence-electron chi connectivity index (χ2n) is 18.4. The van der Waals surface area contributed by atoms with Crippen molar-refractivity contribution in [1.82, 2.24) is 14.7 Å². The summed E-state index contributed by atoms with van der Waals surface area (Å²) >= 11 is 0. The highest BCUT2D eigenvalue weighted by Crippen LogP contribution is 2.30. The number of carbonyl (C=O) groups is 2. The third kappa shape index (κ3) is 17.7. The maximum Gasteiger partial charge on any atom is 0.165 e. The van der Waals surface area contributed by atoms with Crippen molar-refractivity contribution in [2.24, 2.45) is 11.8 Å². The zero-order valence-corrected chi connectivity index (χ0v) is 39.2. The van der Waals surface area contributed by atoms with Gasteiger partial charge in [-0.1, -0.05) is 33.1 Å². The molecule has 0 aromatic heterocycles. The van der Waals surface area contributed by atoms with Crippen molar-refractivity contribution in [2.45, 2.75) is 136 Å². The molecule has 1 aliphatic carbocycles. The molecule has 9 heteroatoms. The van der Waals surface area contributed by atoms with E-state index in [0.717, 1.165) is 106 Å². The smallest absolute Gasteiger partial charge is 0.165 e. The van der Waals surface area contributed by atoms with E-state index in [2.05, 4.69) is 41.5 Å². The van der Waals surface area contributed by atoms with E-state index in [1.165, 1.54) is 84.0 Å². The second kappa shape index (κ2) is 27.8. The van der Waals surface area contributed by atoms with Gasteiger partial charge in [0.25, 0.3) is 0 Å². The zero-order chi connectivity index (χ0) is 44.7. The first-order valence-corrected chi connectivity index (χ1v) is 24.6. The van der Waals surface area contributed by atoms with Crippen LogP contribution in [0.2, 0.25) is 0 Å². The van der Waals surface area contributed by atoms with Crippen molar-refractivity contribution < 1.29 is 23.8 Å². The Balaban J connectivity index is 0.000000178. The van der Waals surface area contributed by atoms with Crippen LogP contribution in [0.15, 0.2) is 72.8 Å². The number of hydrogen-bond donors (Lipinski definition) is 0. The van der Waals surface area contributed by atoms with E-state index < -0.39 is 0 Å². The van der Waals surface area contributed by atoms with Crippen LogP contribution in [0.25, 0.3) is 0 Å². The molecule has 3 atom stereocenters. The number of ketones is 2. The molecule has 344 valence electrons. The lowest BCUT2D eigenvalue weighted by Gasteiger charge is -2.39. The molecule has 7 rings (SSSR count). The third-order valence-corrected chi connectivity index (χ3v) is 13.3. The Bertz CT molecular complexity index is 1770. The van der Waals surface area contributed by atoms with Gasteiger partial charge >= 0.3 is 0 Å². The summed E-state index contributed by atoms with van der Waals surface area (Å²) in [6.07, 6.45) is 17.8. The van der Waals surface area contributed by atoms with Crippen molar-refractivity contribution >= 4 is 11.6 Å². The molecule has 0 spiro atoms. The normalized spacial score (nSPS) is 20.7. The molecule has 0 bridgehead atoms. The molecule has 3 saturated heterocycles. The largest absolute Gasteiger partial charge is 0.494 e. The van der Waals surface area contributed by atoms with Crippen molar-refractivity contribution in [3.8, 4) is 23.3 Å². The minimum atomic E-state index is 0.181. The van der Waals surface area contributed by atoms with Crippen molar-refractivity contribution in [2.75, 3.05) is 65.6 Å². The standard InChI is InChI=1S/C19H27NO2.C18H27NO2.C17H24N2O/c21-19(16-6-4-7-16)17-8-10-18(11-9-17)22-15-5-14-20-12-2-1-3-13-20;1-3-18(20)16-7-9-17(10-8-16)21-13-5-12-19-11-4-6-15(2)14-19;1-14-5-3-6-15(2)19(14)11-4-12-20-17-9-7-16(13-18)8-10-17/h8-11,16H,1-7,12-15H2;7-10,15H,3-6,11-14H2,1-2H3;7-10,14-15H,3-6,11-12H2,1-2H3. The Hall–Kier alpha value is -4.23. The highest BCUT2D eigenvalue weighted by molar-refractivity contribution is 5.98. The van der Waals surface area contributed by atoms with Crippen LogP contribution in [0.1, 0.15) is 150 Å². The number of benzene rings is 3. The topological polar surface area (TPSA) is 95.3 Å².